The minimum Gasteiger partial charge on any atom is -0.497 e. The highest BCUT2D eigenvalue weighted by atomic mass is 35.5. The molecule has 4 heteroatoms. The fourth-order valence-electron chi connectivity index (χ4n) is 2.75. The van der Waals surface area contributed by atoms with Gasteiger partial charge in [-0.25, -0.2) is 0 Å². The second-order valence-electron chi connectivity index (χ2n) is 4.93. The summed E-state index contributed by atoms with van der Waals surface area (Å²) in [4.78, 5) is 4.61. The Hall–Kier alpha value is -1.32. The Morgan fingerprint density at radius 2 is 2.16 bits per heavy atom. The van der Waals surface area contributed by atoms with Gasteiger partial charge in [0, 0.05) is 17.6 Å². The predicted octanol–water partition coefficient (Wildman–Crippen LogP) is 3.05. The molecule has 19 heavy (non-hydrogen) atoms. The number of rotatable bonds is 2. The maximum atomic E-state index is 5.33. The minimum atomic E-state index is 0. The number of nitrogens with zero attached hydrogens (tertiary/aromatic N) is 1. The van der Waals surface area contributed by atoms with E-state index in [9.17, 15) is 0 Å². The minimum absolute atomic E-state index is 0. The number of methoxy groups -OCH3 is 1. The second kappa shape index (κ2) is 5.76. The van der Waals surface area contributed by atoms with Crippen molar-refractivity contribution in [2.75, 3.05) is 20.2 Å². The van der Waals surface area contributed by atoms with E-state index in [2.05, 4.69) is 29.4 Å². The van der Waals surface area contributed by atoms with Crippen LogP contribution in [0, 0.1) is 6.92 Å². The molecule has 1 aromatic carbocycles. The third-order valence-electron chi connectivity index (χ3n) is 3.68. The third kappa shape index (κ3) is 2.67. The van der Waals surface area contributed by atoms with Crippen molar-refractivity contribution in [3.63, 3.8) is 0 Å². The van der Waals surface area contributed by atoms with Crippen LogP contribution >= 0.6 is 12.4 Å². The summed E-state index contributed by atoms with van der Waals surface area (Å²) in [5, 5.41) is 4.66. The van der Waals surface area contributed by atoms with E-state index >= 15 is 0 Å². The van der Waals surface area contributed by atoms with Gasteiger partial charge in [-0.15, -0.1) is 12.4 Å². The molecular weight excluding hydrogens is 260 g/mol. The molecule has 1 N–H and O–H groups in total. The van der Waals surface area contributed by atoms with Gasteiger partial charge in [0.1, 0.15) is 5.75 Å². The van der Waals surface area contributed by atoms with Crippen LogP contribution in [-0.2, 0) is 0 Å². The van der Waals surface area contributed by atoms with Gasteiger partial charge in [0.2, 0.25) is 0 Å². The molecule has 1 aliphatic rings. The second-order valence-corrected chi connectivity index (χ2v) is 4.93. The zero-order valence-electron chi connectivity index (χ0n) is 11.3. The average molecular weight is 279 g/mol. The van der Waals surface area contributed by atoms with Crippen molar-refractivity contribution in [1.29, 1.82) is 0 Å². The molecule has 3 nitrogen and oxygen atoms in total. The van der Waals surface area contributed by atoms with E-state index in [1.165, 1.54) is 17.4 Å². The number of hydrogen-bond acceptors (Lipinski definition) is 3. The van der Waals surface area contributed by atoms with Gasteiger partial charge < -0.3 is 10.1 Å². The molecule has 0 saturated carbocycles. The van der Waals surface area contributed by atoms with Crippen molar-refractivity contribution >= 4 is 23.3 Å². The Morgan fingerprint density at radius 3 is 2.84 bits per heavy atom. The Kier molecular flexibility index (Phi) is 4.27. The first-order chi connectivity index (χ1) is 8.78. The Morgan fingerprint density at radius 1 is 1.32 bits per heavy atom. The summed E-state index contributed by atoms with van der Waals surface area (Å²) in [6.07, 6.45) is 1.20. The number of ether oxygens (including phenoxy) is 1. The molecule has 0 amide bonds. The van der Waals surface area contributed by atoms with E-state index in [1.807, 2.05) is 12.1 Å². The fourth-order valence-corrected chi connectivity index (χ4v) is 2.75. The molecule has 2 heterocycles. The van der Waals surface area contributed by atoms with Crippen LogP contribution in [-0.4, -0.2) is 25.2 Å². The Labute approximate surface area is 119 Å². The number of pyridine rings is 1. The zero-order chi connectivity index (χ0) is 12.5. The topological polar surface area (TPSA) is 34.1 Å². The lowest BCUT2D eigenvalue weighted by Gasteiger charge is -2.14. The van der Waals surface area contributed by atoms with E-state index in [0.29, 0.717) is 5.92 Å². The Bertz CT molecular complexity index is 580. The van der Waals surface area contributed by atoms with Gasteiger partial charge in [0.05, 0.1) is 12.6 Å². The first-order valence-electron chi connectivity index (χ1n) is 6.44. The lowest BCUT2D eigenvalue weighted by atomic mass is 9.94. The van der Waals surface area contributed by atoms with Crippen LogP contribution in [0.3, 0.4) is 0 Å². The summed E-state index contributed by atoms with van der Waals surface area (Å²) >= 11 is 0. The van der Waals surface area contributed by atoms with Crippen LogP contribution in [0.1, 0.15) is 23.6 Å². The Balaban J connectivity index is 0.00000133. The van der Waals surface area contributed by atoms with Gasteiger partial charge in [0.25, 0.3) is 0 Å². The SMILES string of the molecule is COc1ccc2nc(C)cc(C3CCNC3)c2c1.Cl. The van der Waals surface area contributed by atoms with Gasteiger partial charge >= 0.3 is 0 Å². The van der Waals surface area contributed by atoms with Crippen LogP contribution in [0.2, 0.25) is 0 Å². The number of aromatic nitrogens is 1. The average Bonchev–Trinajstić information content (AvgIpc) is 2.91. The van der Waals surface area contributed by atoms with E-state index < -0.39 is 0 Å². The smallest absolute Gasteiger partial charge is 0.119 e. The number of fused-ring (bicyclic) bond motifs is 1. The maximum absolute atomic E-state index is 5.33. The summed E-state index contributed by atoms with van der Waals surface area (Å²) in [7, 11) is 1.71. The fraction of sp³-hybridized carbons (Fsp3) is 0.400. The van der Waals surface area contributed by atoms with Crippen molar-refractivity contribution in [3.8, 4) is 5.75 Å². The summed E-state index contributed by atoms with van der Waals surface area (Å²) in [6.45, 7) is 4.24. The summed E-state index contributed by atoms with van der Waals surface area (Å²) in [5.74, 6) is 1.50. The number of nitrogens with one attached hydrogen (secondary N) is 1. The van der Waals surface area contributed by atoms with E-state index in [1.54, 1.807) is 7.11 Å². The number of halogens is 1. The van der Waals surface area contributed by atoms with Gasteiger partial charge in [-0.05, 0) is 55.6 Å². The number of benzene rings is 1. The molecule has 1 aliphatic heterocycles. The van der Waals surface area contributed by atoms with Crippen molar-refractivity contribution in [3.05, 3.63) is 35.5 Å². The molecular formula is C15H19ClN2O. The quantitative estimate of drug-likeness (QED) is 0.917. The first kappa shape index (κ1) is 14.1. The van der Waals surface area contributed by atoms with Crippen LogP contribution in [0.5, 0.6) is 5.75 Å². The van der Waals surface area contributed by atoms with Crippen LogP contribution in [0.25, 0.3) is 10.9 Å². The molecule has 2 aromatic rings. The largest absolute Gasteiger partial charge is 0.497 e. The van der Waals surface area contributed by atoms with Crippen LogP contribution < -0.4 is 10.1 Å². The molecule has 1 atom stereocenters. The number of aryl methyl sites for hydroxylation is 1. The lowest BCUT2D eigenvalue weighted by molar-refractivity contribution is 0.415. The predicted molar refractivity (Wildman–Crippen MR) is 80.5 cm³/mol. The van der Waals surface area contributed by atoms with Gasteiger partial charge in [-0.3, -0.25) is 4.98 Å². The normalized spacial score (nSPS) is 18.3. The maximum Gasteiger partial charge on any atom is 0.119 e. The summed E-state index contributed by atoms with van der Waals surface area (Å²) in [6, 6.07) is 8.35. The van der Waals surface area contributed by atoms with Crippen molar-refractivity contribution in [2.24, 2.45) is 0 Å². The highest BCUT2D eigenvalue weighted by Gasteiger charge is 2.19. The molecule has 0 spiro atoms. The summed E-state index contributed by atoms with van der Waals surface area (Å²) < 4.78 is 5.33. The standard InChI is InChI=1S/C15H18N2O.ClH/c1-10-7-13(11-5-6-16-9-11)14-8-12(18-2)3-4-15(14)17-10;/h3-4,7-8,11,16H,5-6,9H2,1-2H3;1H. The van der Waals surface area contributed by atoms with E-state index in [-0.39, 0.29) is 12.4 Å². The lowest BCUT2D eigenvalue weighted by Crippen LogP contribution is -2.08. The van der Waals surface area contributed by atoms with Gasteiger partial charge in [-0.2, -0.15) is 0 Å². The molecule has 0 bridgehead atoms. The molecule has 3 rings (SSSR count). The highest BCUT2D eigenvalue weighted by Crippen LogP contribution is 2.31. The molecule has 102 valence electrons. The third-order valence-corrected chi connectivity index (χ3v) is 3.68. The van der Waals surface area contributed by atoms with Crippen molar-refractivity contribution in [2.45, 2.75) is 19.3 Å². The molecule has 1 fully saturated rings. The van der Waals surface area contributed by atoms with E-state index in [4.69, 9.17) is 4.74 Å². The first-order valence-corrected chi connectivity index (χ1v) is 6.44. The zero-order valence-corrected chi connectivity index (χ0v) is 12.1. The highest BCUT2D eigenvalue weighted by molar-refractivity contribution is 5.85. The van der Waals surface area contributed by atoms with Crippen molar-refractivity contribution in [1.82, 2.24) is 10.3 Å². The monoisotopic (exact) mass is 278 g/mol. The molecule has 0 radical (unpaired) electrons. The van der Waals surface area contributed by atoms with E-state index in [0.717, 1.165) is 30.0 Å². The summed E-state index contributed by atoms with van der Waals surface area (Å²) in [5.41, 5.74) is 3.56. The van der Waals surface area contributed by atoms with Gasteiger partial charge in [-0.1, -0.05) is 0 Å². The molecule has 1 unspecified atom stereocenters. The molecule has 0 aliphatic carbocycles. The molecule has 1 saturated heterocycles. The van der Waals surface area contributed by atoms with Gasteiger partial charge in [0.15, 0.2) is 0 Å². The van der Waals surface area contributed by atoms with Crippen molar-refractivity contribution < 1.29 is 4.74 Å². The van der Waals surface area contributed by atoms with Crippen LogP contribution in [0.15, 0.2) is 24.3 Å². The molecule has 1 aromatic heterocycles. The number of hydrogen-bond donors (Lipinski definition) is 1. The van der Waals surface area contributed by atoms with Crippen LogP contribution in [0.4, 0.5) is 0 Å².